The number of nitrogens with one attached hydrogen (secondary N) is 2. The normalized spacial score (nSPS) is 19.8. The van der Waals surface area contributed by atoms with E-state index < -0.39 is 6.10 Å². The molecule has 6 rings (SSSR count). The number of fused-ring (bicyclic) bond motifs is 8. The zero-order valence-electron chi connectivity index (χ0n) is 24.6. The average molecular weight is 555 g/mol. The maximum absolute atomic E-state index is 12.2. The molecule has 3 aromatic rings. The van der Waals surface area contributed by atoms with Crippen molar-refractivity contribution in [3.8, 4) is 0 Å². The van der Waals surface area contributed by atoms with Crippen molar-refractivity contribution in [2.24, 2.45) is 0 Å². The molecule has 8 heteroatoms. The Morgan fingerprint density at radius 1 is 1.02 bits per heavy atom. The van der Waals surface area contributed by atoms with Gasteiger partial charge in [-0.1, -0.05) is 13.8 Å². The number of carbonyl (C=O) groups excluding carboxylic acids is 1. The summed E-state index contributed by atoms with van der Waals surface area (Å²) in [5.41, 5.74) is 14.2. The van der Waals surface area contributed by atoms with Crippen molar-refractivity contribution in [3.63, 3.8) is 0 Å². The highest BCUT2D eigenvalue weighted by atomic mass is 16.5. The van der Waals surface area contributed by atoms with Crippen molar-refractivity contribution in [2.75, 3.05) is 7.11 Å². The Bertz CT molecular complexity index is 1780. The van der Waals surface area contributed by atoms with Crippen LogP contribution in [0.25, 0.3) is 33.2 Å². The molecule has 8 nitrogen and oxygen atoms in total. The number of hydrogen-bond donors (Lipinski definition) is 4. The first-order valence-corrected chi connectivity index (χ1v) is 14.5. The van der Waals surface area contributed by atoms with Crippen LogP contribution in [0.1, 0.15) is 96.0 Å². The van der Waals surface area contributed by atoms with Crippen LogP contribution in [0.3, 0.4) is 0 Å². The maximum atomic E-state index is 12.2. The number of aliphatic hydroxyl groups excluding tert-OH is 2. The molecule has 0 aromatic carbocycles. The lowest BCUT2D eigenvalue weighted by Crippen LogP contribution is -2.10. The van der Waals surface area contributed by atoms with Crippen molar-refractivity contribution < 1.29 is 19.7 Å². The Labute approximate surface area is 239 Å². The summed E-state index contributed by atoms with van der Waals surface area (Å²) in [6.07, 6.45) is 1.53. The minimum Gasteiger partial charge on any atom is -0.469 e. The van der Waals surface area contributed by atoms with Crippen LogP contribution in [-0.2, 0) is 29.0 Å². The van der Waals surface area contributed by atoms with Crippen molar-refractivity contribution >= 4 is 39.2 Å². The lowest BCUT2D eigenvalue weighted by molar-refractivity contribution is -0.140. The van der Waals surface area contributed by atoms with E-state index in [1.165, 1.54) is 12.7 Å². The number of aryl methyl sites for hydroxylation is 3. The molecular formula is C33H38N4O4. The number of allylic oxidation sites excluding steroid dienone is 1. The van der Waals surface area contributed by atoms with Gasteiger partial charge in [-0.3, -0.25) is 9.78 Å². The zero-order valence-corrected chi connectivity index (χ0v) is 24.6. The number of methoxy groups -OCH3 is 1. The summed E-state index contributed by atoms with van der Waals surface area (Å²) < 4.78 is 4.96. The monoisotopic (exact) mass is 554 g/mol. The molecule has 0 saturated heterocycles. The Balaban J connectivity index is 1.74. The Morgan fingerprint density at radius 3 is 2.39 bits per heavy atom. The van der Waals surface area contributed by atoms with Gasteiger partial charge in [0.25, 0.3) is 0 Å². The van der Waals surface area contributed by atoms with Crippen molar-refractivity contribution in [1.29, 1.82) is 0 Å². The third-order valence-electron chi connectivity index (χ3n) is 9.44. The highest BCUT2D eigenvalue weighted by Gasteiger charge is 2.39. The van der Waals surface area contributed by atoms with Gasteiger partial charge in [0.05, 0.1) is 31.2 Å². The van der Waals surface area contributed by atoms with E-state index in [1.807, 2.05) is 13.8 Å². The van der Waals surface area contributed by atoms with E-state index in [2.05, 4.69) is 48.9 Å². The Kier molecular flexibility index (Phi) is 6.86. The van der Waals surface area contributed by atoms with E-state index >= 15 is 0 Å². The summed E-state index contributed by atoms with van der Waals surface area (Å²) >= 11 is 0. The predicted octanol–water partition coefficient (Wildman–Crippen LogP) is 5.67. The highest BCUT2D eigenvalue weighted by molar-refractivity contribution is 5.96. The summed E-state index contributed by atoms with van der Waals surface area (Å²) in [5, 5.41) is 21.6. The quantitative estimate of drug-likeness (QED) is 0.301. The van der Waals surface area contributed by atoms with Crippen molar-refractivity contribution in [2.45, 2.75) is 84.8 Å². The van der Waals surface area contributed by atoms with Crippen LogP contribution in [0.15, 0.2) is 18.2 Å². The predicted molar refractivity (Wildman–Crippen MR) is 160 cm³/mol. The summed E-state index contributed by atoms with van der Waals surface area (Å²) in [6, 6.07) is 6.23. The largest absolute Gasteiger partial charge is 0.469 e. The molecule has 4 N–H and O–H groups in total. The third kappa shape index (κ3) is 4.32. The summed E-state index contributed by atoms with van der Waals surface area (Å²) in [6.45, 7) is 10.4. The number of carbonyl (C=O) groups is 1. The van der Waals surface area contributed by atoms with Crippen LogP contribution in [0, 0.1) is 13.8 Å². The number of hydrogen-bond acceptors (Lipinski definition) is 6. The van der Waals surface area contributed by atoms with Gasteiger partial charge in [0, 0.05) is 74.8 Å². The average Bonchev–Trinajstić information content (AvgIpc) is 3.70. The van der Waals surface area contributed by atoms with Crippen molar-refractivity contribution in [1.82, 2.24) is 19.9 Å². The molecule has 41 heavy (non-hydrogen) atoms. The van der Waals surface area contributed by atoms with Crippen LogP contribution in [0.5, 0.6) is 0 Å². The zero-order chi connectivity index (χ0) is 29.2. The number of nitrogens with zero attached hydrogens (tertiary/aromatic N) is 2. The molecule has 3 atom stereocenters. The van der Waals surface area contributed by atoms with E-state index in [1.54, 1.807) is 0 Å². The molecular weight excluding hydrogens is 516 g/mol. The van der Waals surface area contributed by atoms with Crippen LogP contribution in [0.2, 0.25) is 0 Å². The van der Waals surface area contributed by atoms with Gasteiger partial charge < -0.3 is 24.9 Å². The number of aliphatic hydroxyl groups is 2. The van der Waals surface area contributed by atoms with Gasteiger partial charge in [-0.25, -0.2) is 4.98 Å². The molecule has 1 unspecified atom stereocenters. The lowest BCUT2D eigenvalue weighted by Gasteiger charge is -2.16. The molecule has 3 aromatic heterocycles. The lowest BCUT2D eigenvalue weighted by atomic mass is 9.85. The van der Waals surface area contributed by atoms with Crippen LogP contribution >= 0.6 is 0 Å². The van der Waals surface area contributed by atoms with E-state index in [0.29, 0.717) is 12.8 Å². The van der Waals surface area contributed by atoms with E-state index in [4.69, 9.17) is 14.7 Å². The van der Waals surface area contributed by atoms with Gasteiger partial charge >= 0.3 is 5.97 Å². The second kappa shape index (κ2) is 10.3. The number of rotatable bonds is 5. The topological polar surface area (TPSA) is 124 Å². The van der Waals surface area contributed by atoms with Gasteiger partial charge in [0.2, 0.25) is 0 Å². The fourth-order valence-corrected chi connectivity index (χ4v) is 6.94. The molecule has 0 radical (unpaired) electrons. The SMILES string of the molecule is CCc1c(C)c2cc3[nH]c(cc4nc(c5c6nc(cc1[nH]2)C(C)=C6C(O)C5)[C@@H](CCC(=O)OC)[C@@H]4C)c(C)c3CO. The Morgan fingerprint density at radius 2 is 1.71 bits per heavy atom. The molecule has 8 bridgehead atoms. The molecule has 3 aliphatic rings. The fourth-order valence-electron chi connectivity index (χ4n) is 6.94. The molecule has 0 spiro atoms. The van der Waals surface area contributed by atoms with E-state index in [0.717, 1.165) is 84.7 Å². The first-order chi connectivity index (χ1) is 19.7. The van der Waals surface area contributed by atoms with Gasteiger partial charge in [-0.2, -0.15) is 0 Å². The number of aromatic amines is 2. The summed E-state index contributed by atoms with van der Waals surface area (Å²) in [7, 11) is 1.41. The van der Waals surface area contributed by atoms with Gasteiger partial charge in [0.15, 0.2) is 0 Å². The summed E-state index contributed by atoms with van der Waals surface area (Å²) in [5.74, 6) is -0.232. The highest BCUT2D eigenvalue weighted by Crippen LogP contribution is 2.47. The third-order valence-corrected chi connectivity index (χ3v) is 9.44. The second-order valence-electron chi connectivity index (χ2n) is 11.6. The molecule has 0 saturated carbocycles. The van der Waals surface area contributed by atoms with Crippen LogP contribution < -0.4 is 0 Å². The van der Waals surface area contributed by atoms with Crippen molar-refractivity contribution in [3.05, 3.63) is 68.8 Å². The van der Waals surface area contributed by atoms with Gasteiger partial charge in [0.1, 0.15) is 0 Å². The standard InChI is InChI=1S/C33H38N4O4/c1-7-19-15(2)24-12-28-22(14-38)17(4)23(35-28)11-25-16(3)20(8-9-30(40)41-6)32(36-25)21-10-29(39)31-18(5)26(37-33(21)31)13-27(19)34-24/h11-13,16,20,29,34-35,38-39H,7-10,14H2,1-6H3/t16-,20-,29?/m0/s1. The van der Waals surface area contributed by atoms with E-state index in [9.17, 15) is 15.0 Å². The molecule has 1 aliphatic carbocycles. The first kappa shape index (κ1) is 27.4. The van der Waals surface area contributed by atoms with Gasteiger partial charge in [-0.05, 0) is 74.1 Å². The number of aromatic nitrogens is 4. The molecule has 0 amide bonds. The molecule has 5 heterocycles. The summed E-state index contributed by atoms with van der Waals surface area (Å²) in [4.78, 5) is 29.6. The fraction of sp³-hybridized carbons (Fsp3) is 0.424. The minimum absolute atomic E-state index is 0.0212. The number of H-pyrrole nitrogens is 2. The molecule has 0 fully saturated rings. The smallest absolute Gasteiger partial charge is 0.305 e. The first-order valence-electron chi connectivity index (χ1n) is 14.5. The van der Waals surface area contributed by atoms with E-state index in [-0.39, 0.29) is 30.8 Å². The Hall–Kier alpha value is -3.75. The second-order valence-corrected chi connectivity index (χ2v) is 11.6. The number of esters is 1. The number of ether oxygens (including phenoxy) is 1. The molecule has 2 aliphatic heterocycles. The molecule has 214 valence electrons. The maximum Gasteiger partial charge on any atom is 0.305 e. The minimum atomic E-state index is -0.652. The van der Waals surface area contributed by atoms with Gasteiger partial charge in [-0.15, -0.1) is 0 Å². The van der Waals surface area contributed by atoms with Crippen LogP contribution in [-0.4, -0.2) is 49.3 Å². The van der Waals surface area contributed by atoms with Crippen LogP contribution in [0.4, 0.5) is 0 Å².